The number of nitrogens with zero attached hydrogens (tertiary/aromatic N) is 1. The molecule has 0 aliphatic carbocycles. The summed E-state index contributed by atoms with van der Waals surface area (Å²) < 4.78 is 0. The third-order valence-electron chi connectivity index (χ3n) is 4.45. The van der Waals surface area contributed by atoms with E-state index in [-0.39, 0.29) is 11.4 Å². The van der Waals surface area contributed by atoms with E-state index in [0.29, 0.717) is 0 Å². The van der Waals surface area contributed by atoms with Gasteiger partial charge in [0, 0.05) is 34.8 Å². The molecule has 1 aromatic rings. The van der Waals surface area contributed by atoms with Crippen LogP contribution in [-0.4, -0.2) is 29.4 Å². The Morgan fingerprint density at radius 2 is 2.21 bits per heavy atom. The zero-order chi connectivity index (χ0) is 13.3. The van der Waals surface area contributed by atoms with Crippen LogP contribution in [0.5, 0.6) is 0 Å². The highest BCUT2D eigenvalue weighted by molar-refractivity contribution is 7.11. The lowest BCUT2D eigenvalue weighted by Crippen LogP contribution is -2.42. The normalized spacial score (nSPS) is 28.6. The van der Waals surface area contributed by atoms with Crippen LogP contribution in [0.1, 0.15) is 41.9 Å². The number of amides is 1. The number of hydrogen-bond acceptors (Lipinski definition) is 3. The first-order valence-electron chi connectivity index (χ1n) is 7.24. The van der Waals surface area contributed by atoms with Crippen LogP contribution < -0.4 is 5.32 Å². The van der Waals surface area contributed by atoms with Gasteiger partial charge in [0.2, 0.25) is 5.91 Å². The molecule has 104 valence electrons. The first-order chi connectivity index (χ1) is 9.15. The molecule has 0 saturated carbocycles. The van der Waals surface area contributed by atoms with Gasteiger partial charge in [-0.1, -0.05) is 0 Å². The van der Waals surface area contributed by atoms with Crippen LogP contribution >= 0.6 is 11.3 Å². The van der Waals surface area contributed by atoms with Gasteiger partial charge >= 0.3 is 0 Å². The van der Waals surface area contributed by atoms with Gasteiger partial charge in [-0.3, -0.25) is 9.69 Å². The van der Waals surface area contributed by atoms with Crippen LogP contribution in [0.2, 0.25) is 0 Å². The van der Waals surface area contributed by atoms with E-state index in [0.717, 1.165) is 45.3 Å². The molecule has 0 aromatic carbocycles. The lowest BCUT2D eigenvalue weighted by Gasteiger charge is -2.27. The van der Waals surface area contributed by atoms with Crippen molar-refractivity contribution in [2.24, 2.45) is 0 Å². The van der Waals surface area contributed by atoms with Gasteiger partial charge in [-0.05, 0) is 51.3 Å². The van der Waals surface area contributed by atoms with Crippen LogP contribution in [0, 0.1) is 6.92 Å². The Morgan fingerprint density at radius 1 is 1.32 bits per heavy atom. The molecule has 3 heterocycles. The minimum absolute atomic E-state index is 0.122. The van der Waals surface area contributed by atoms with Crippen LogP contribution in [0.4, 0.5) is 0 Å². The molecule has 1 spiro atoms. The molecular weight excluding hydrogens is 256 g/mol. The van der Waals surface area contributed by atoms with E-state index in [2.05, 4.69) is 29.3 Å². The second-order valence-corrected chi connectivity index (χ2v) is 7.34. The van der Waals surface area contributed by atoms with Crippen molar-refractivity contribution in [2.45, 2.75) is 51.1 Å². The minimum Gasteiger partial charge on any atom is -0.351 e. The molecule has 19 heavy (non-hydrogen) atoms. The molecule has 3 rings (SSSR count). The fourth-order valence-electron chi connectivity index (χ4n) is 3.35. The number of carbonyl (C=O) groups excluding carboxylic acids is 1. The van der Waals surface area contributed by atoms with E-state index in [1.165, 1.54) is 16.2 Å². The molecule has 1 unspecified atom stereocenters. The highest BCUT2D eigenvalue weighted by atomic mass is 32.1. The Hall–Kier alpha value is -0.870. The van der Waals surface area contributed by atoms with Crippen molar-refractivity contribution in [3.05, 3.63) is 21.9 Å². The van der Waals surface area contributed by atoms with Crippen molar-refractivity contribution in [1.29, 1.82) is 0 Å². The molecule has 2 saturated heterocycles. The SMILES string of the molecule is Cc1ccc(CN2CCCC3(CCC(=O)N3)CC2)s1. The summed E-state index contributed by atoms with van der Waals surface area (Å²) in [6.07, 6.45) is 5.23. The van der Waals surface area contributed by atoms with Crippen molar-refractivity contribution in [3.63, 3.8) is 0 Å². The molecule has 1 atom stereocenters. The molecule has 2 aliphatic rings. The molecule has 2 aliphatic heterocycles. The monoisotopic (exact) mass is 278 g/mol. The second-order valence-electron chi connectivity index (χ2n) is 5.97. The second kappa shape index (κ2) is 5.25. The summed E-state index contributed by atoms with van der Waals surface area (Å²) in [6, 6.07) is 4.45. The topological polar surface area (TPSA) is 32.3 Å². The Bertz CT molecular complexity index is 470. The molecule has 0 radical (unpaired) electrons. The third kappa shape index (κ3) is 3.00. The zero-order valence-corrected chi connectivity index (χ0v) is 12.4. The maximum Gasteiger partial charge on any atom is 0.220 e. The maximum absolute atomic E-state index is 11.5. The van der Waals surface area contributed by atoms with Crippen LogP contribution in [0.3, 0.4) is 0 Å². The van der Waals surface area contributed by atoms with Crippen molar-refractivity contribution in [2.75, 3.05) is 13.1 Å². The molecule has 1 amide bonds. The van der Waals surface area contributed by atoms with Crippen LogP contribution in [0.25, 0.3) is 0 Å². The highest BCUT2D eigenvalue weighted by Gasteiger charge is 2.38. The van der Waals surface area contributed by atoms with E-state index in [1.807, 2.05) is 11.3 Å². The van der Waals surface area contributed by atoms with Gasteiger partial charge in [-0.2, -0.15) is 0 Å². The first kappa shape index (κ1) is 13.1. The smallest absolute Gasteiger partial charge is 0.220 e. The van der Waals surface area contributed by atoms with E-state index in [1.54, 1.807) is 0 Å². The fraction of sp³-hybridized carbons (Fsp3) is 0.667. The molecular formula is C15H22N2OS. The summed E-state index contributed by atoms with van der Waals surface area (Å²) in [7, 11) is 0. The Balaban J connectivity index is 1.60. The molecule has 1 N–H and O–H groups in total. The van der Waals surface area contributed by atoms with Crippen molar-refractivity contribution < 1.29 is 4.79 Å². The standard InChI is InChI=1S/C15H22N2OS/c1-12-3-4-13(19-12)11-17-9-2-6-15(8-10-17)7-5-14(18)16-15/h3-4H,2,5-11H2,1H3,(H,16,18). The predicted molar refractivity (Wildman–Crippen MR) is 78.3 cm³/mol. The molecule has 3 nitrogen and oxygen atoms in total. The summed E-state index contributed by atoms with van der Waals surface area (Å²) >= 11 is 1.90. The lowest BCUT2D eigenvalue weighted by molar-refractivity contribution is -0.119. The summed E-state index contributed by atoms with van der Waals surface area (Å²) in [4.78, 5) is 16.9. The van der Waals surface area contributed by atoms with Crippen molar-refractivity contribution in [1.82, 2.24) is 10.2 Å². The summed E-state index contributed by atoms with van der Waals surface area (Å²) in [5, 5.41) is 3.23. The van der Waals surface area contributed by atoms with E-state index in [9.17, 15) is 4.79 Å². The van der Waals surface area contributed by atoms with Gasteiger partial charge in [0.25, 0.3) is 0 Å². The maximum atomic E-state index is 11.5. The Morgan fingerprint density at radius 3 is 2.89 bits per heavy atom. The van der Waals surface area contributed by atoms with Gasteiger partial charge < -0.3 is 5.32 Å². The van der Waals surface area contributed by atoms with E-state index < -0.39 is 0 Å². The predicted octanol–water partition coefficient (Wildman–Crippen LogP) is 2.69. The third-order valence-corrected chi connectivity index (χ3v) is 5.43. The van der Waals surface area contributed by atoms with Gasteiger partial charge in [-0.15, -0.1) is 11.3 Å². The number of nitrogens with one attached hydrogen (secondary N) is 1. The van der Waals surface area contributed by atoms with E-state index >= 15 is 0 Å². The fourth-order valence-corrected chi connectivity index (χ4v) is 4.28. The number of thiophene rings is 1. The van der Waals surface area contributed by atoms with Crippen LogP contribution in [-0.2, 0) is 11.3 Å². The summed E-state index contributed by atoms with van der Waals surface area (Å²) in [5.74, 6) is 0.252. The minimum atomic E-state index is 0.122. The summed E-state index contributed by atoms with van der Waals surface area (Å²) in [6.45, 7) is 5.51. The summed E-state index contributed by atoms with van der Waals surface area (Å²) in [5.41, 5.74) is 0.122. The molecule has 0 bridgehead atoms. The Labute approximate surface area is 119 Å². The average Bonchev–Trinajstić information content (AvgIpc) is 2.87. The van der Waals surface area contributed by atoms with Gasteiger partial charge in [0.05, 0.1) is 0 Å². The van der Waals surface area contributed by atoms with Crippen molar-refractivity contribution >= 4 is 17.2 Å². The lowest BCUT2D eigenvalue weighted by atomic mass is 9.89. The molecule has 1 aromatic heterocycles. The number of likely N-dealkylation sites (tertiary alicyclic amines) is 1. The number of carbonyl (C=O) groups is 1. The molecule has 2 fully saturated rings. The number of aryl methyl sites for hydroxylation is 1. The first-order valence-corrected chi connectivity index (χ1v) is 8.06. The molecule has 4 heteroatoms. The zero-order valence-electron chi connectivity index (χ0n) is 11.6. The average molecular weight is 278 g/mol. The van der Waals surface area contributed by atoms with Gasteiger partial charge in [0.1, 0.15) is 0 Å². The van der Waals surface area contributed by atoms with Crippen molar-refractivity contribution in [3.8, 4) is 0 Å². The number of hydrogen-bond donors (Lipinski definition) is 1. The van der Waals surface area contributed by atoms with E-state index in [4.69, 9.17) is 0 Å². The van der Waals surface area contributed by atoms with Gasteiger partial charge in [-0.25, -0.2) is 0 Å². The van der Waals surface area contributed by atoms with Crippen LogP contribution in [0.15, 0.2) is 12.1 Å². The van der Waals surface area contributed by atoms with Gasteiger partial charge in [0.15, 0.2) is 0 Å². The largest absolute Gasteiger partial charge is 0.351 e. The quantitative estimate of drug-likeness (QED) is 0.902. The highest BCUT2D eigenvalue weighted by Crippen LogP contribution is 2.32. The Kier molecular flexibility index (Phi) is 3.63. The number of rotatable bonds is 2.